The van der Waals surface area contributed by atoms with Crippen molar-refractivity contribution in [2.45, 2.75) is 53.1 Å². The number of imidazole rings is 1. The minimum Gasteiger partial charge on any atom is -0.494 e. The molecule has 3 aromatic carbocycles. The van der Waals surface area contributed by atoms with E-state index >= 15 is 0 Å². The zero-order valence-electron chi connectivity index (χ0n) is 20.5. The SMILES string of the molecule is Cc1cccc(C(=O)NC(C)c2nc3ccccc3n2CCCCOc2ccc(C)c(C)c2)c1. The first-order valence-corrected chi connectivity index (χ1v) is 11.9. The molecule has 1 atom stereocenters. The van der Waals surface area contributed by atoms with E-state index in [4.69, 9.17) is 9.72 Å². The van der Waals surface area contributed by atoms with Crippen molar-refractivity contribution in [1.82, 2.24) is 14.9 Å². The molecular weight excluding hydrogens is 422 g/mol. The number of carbonyl (C=O) groups excluding carboxylic acids is 1. The Labute approximate surface area is 201 Å². The summed E-state index contributed by atoms with van der Waals surface area (Å²) in [6.45, 7) is 9.68. The Hall–Kier alpha value is -3.60. The van der Waals surface area contributed by atoms with Gasteiger partial charge in [-0.15, -0.1) is 0 Å². The van der Waals surface area contributed by atoms with Crippen LogP contribution < -0.4 is 10.1 Å². The summed E-state index contributed by atoms with van der Waals surface area (Å²) in [5.41, 5.74) is 6.28. The molecule has 1 aromatic heterocycles. The molecule has 0 saturated carbocycles. The number of amides is 1. The molecule has 34 heavy (non-hydrogen) atoms. The summed E-state index contributed by atoms with van der Waals surface area (Å²) in [4.78, 5) is 17.7. The van der Waals surface area contributed by atoms with Gasteiger partial charge < -0.3 is 14.6 Å². The van der Waals surface area contributed by atoms with E-state index in [0.717, 1.165) is 47.6 Å². The van der Waals surface area contributed by atoms with Crippen LogP contribution in [0.4, 0.5) is 0 Å². The number of nitrogens with zero attached hydrogens (tertiary/aromatic N) is 2. The van der Waals surface area contributed by atoms with Crippen molar-refractivity contribution >= 4 is 16.9 Å². The molecule has 0 aliphatic carbocycles. The first kappa shape index (κ1) is 23.6. The fraction of sp³-hybridized carbons (Fsp3) is 0.310. The van der Waals surface area contributed by atoms with Crippen molar-refractivity contribution in [1.29, 1.82) is 0 Å². The lowest BCUT2D eigenvalue weighted by atomic mass is 10.1. The van der Waals surface area contributed by atoms with Crippen LogP contribution in [0.2, 0.25) is 0 Å². The summed E-state index contributed by atoms with van der Waals surface area (Å²) in [6, 6.07) is 21.8. The molecule has 0 aliphatic heterocycles. The van der Waals surface area contributed by atoms with Gasteiger partial charge in [0, 0.05) is 12.1 Å². The van der Waals surface area contributed by atoms with Crippen LogP contribution in [0.25, 0.3) is 11.0 Å². The first-order valence-electron chi connectivity index (χ1n) is 11.9. The minimum atomic E-state index is -0.216. The van der Waals surface area contributed by atoms with Crippen molar-refractivity contribution in [2.75, 3.05) is 6.61 Å². The Morgan fingerprint density at radius 3 is 2.59 bits per heavy atom. The molecular formula is C29H33N3O2. The highest BCUT2D eigenvalue weighted by Crippen LogP contribution is 2.22. The van der Waals surface area contributed by atoms with E-state index in [9.17, 15) is 4.79 Å². The van der Waals surface area contributed by atoms with Crippen molar-refractivity contribution in [3.8, 4) is 5.75 Å². The van der Waals surface area contributed by atoms with E-state index in [1.165, 1.54) is 11.1 Å². The first-order chi connectivity index (χ1) is 16.4. The van der Waals surface area contributed by atoms with Gasteiger partial charge in [-0.05, 0) is 88.1 Å². The zero-order chi connectivity index (χ0) is 24.1. The van der Waals surface area contributed by atoms with Crippen molar-refractivity contribution in [3.05, 3.63) is 94.8 Å². The van der Waals surface area contributed by atoms with Gasteiger partial charge in [-0.3, -0.25) is 4.79 Å². The maximum absolute atomic E-state index is 12.8. The van der Waals surface area contributed by atoms with Crippen LogP contribution in [-0.2, 0) is 6.54 Å². The number of aryl methyl sites for hydroxylation is 4. The molecule has 0 aliphatic rings. The van der Waals surface area contributed by atoms with Gasteiger partial charge in [0.25, 0.3) is 5.91 Å². The van der Waals surface area contributed by atoms with Crippen molar-refractivity contribution in [3.63, 3.8) is 0 Å². The second-order valence-corrected chi connectivity index (χ2v) is 8.98. The van der Waals surface area contributed by atoms with E-state index < -0.39 is 0 Å². The molecule has 4 rings (SSSR count). The summed E-state index contributed by atoms with van der Waals surface area (Å²) in [7, 11) is 0. The monoisotopic (exact) mass is 455 g/mol. The summed E-state index contributed by atoms with van der Waals surface area (Å²) < 4.78 is 8.18. The maximum Gasteiger partial charge on any atom is 0.251 e. The van der Waals surface area contributed by atoms with E-state index in [0.29, 0.717) is 12.2 Å². The number of carbonyl (C=O) groups is 1. The Morgan fingerprint density at radius 2 is 1.79 bits per heavy atom. The molecule has 0 saturated heterocycles. The summed E-state index contributed by atoms with van der Waals surface area (Å²) in [6.07, 6.45) is 1.89. The van der Waals surface area contributed by atoms with E-state index in [1.54, 1.807) is 0 Å². The van der Waals surface area contributed by atoms with Gasteiger partial charge >= 0.3 is 0 Å². The molecule has 0 spiro atoms. The molecule has 1 unspecified atom stereocenters. The molecule has 1 heterocycles. The third-order valence-electron chi connectivity index (χ3n) is 6.22. The number of unbranched alkanes of at least 4 members (excludes halogenated alkanes) is 1. The molecule has 0 radical (unpaired) electrons. The lowest BCUT2D eigenvalue weighted by molar-refractivity contribution is 0.0937. The van der Waals surface area contributed by atoms with Gasteiger partial charge in [-0.25, -0.2) is 4.98 Å². The van der Waals surface area contributed by atoms with Crippen molar-refractivity contribution in [2.24, 2.45) is 0 Å². The minimum absolute atomic E-state index is 0.0865. The highest BCUT2D eigenvalue weighted by atomic mass is 16.5. The third kappa shape index (κ3) is 5.48. The summed E-state index contributed by atoms with van der Waals surface area (Å²) in [5.74, 6) is 1.71. The Kier molecular flexibility index (Phi) is 7.31. The molecule has 5 heteroatoms. The number of rotatable bonds is 9. The fourth-order valence-electron chi connectivity index (χ4n) is 4.16. The van der Waals surface area contributed by atoms with Crippen LogP contribution in [0.1, 0.15) is 58.7 Å². The lowest BCUT2D eigenvalue weighted by Gasteiger charge is -2.17. The van der Waals surface area contributed by atoms with Gasteiger partial charge in [0.1, 0.15) is 11.6 Å². The van der Waals surface area contributed by atoms with E-state index in [1.807, 2.05) is 62.4 Å². The highest BCUT2D eigenvalue weighted by Gasteiger charge is 2.19. The average molecular weight is 456 g/mol. The molecule has 176 valence electrons. The quantitative estimate of drug-likeness (QED) is 0.301. The number of benzene rings is 3. The molecule has 1 amide bonds. The Bertz CT molecular complexity index is 1290. The van der Waals surface area contributed by atoms with Gasteiger partial charge in [0.2, 0.25) is 0 Å². The zero-order valence-corrected chi connectivity index (χ0v) is 20.5. The topological polar surface area (TPSA) is 56.2 Å². The largest absolute Gasteiger partial charge is 0.494 e. The predicted molar refractivity (Wildman–Crippen MR) is 137 cm³/mol. The lowest BCUT2D eigenvalue weighted by Crippen LogP contribution is -2.28. The predicted octanol–water partition coefficient (Wildman–Crippen LogP) is 6.31. The standard InChI is InChI=1S/C29H33N3O2/c1-20-10-9-11-24(18-20)29(33)30-23(4)28-31-26-12-5-6-13-27(26)32(28)16-7-8-17-34-25-15-14-21(2)22(3)19-25/h5-6,9-15,18-19,23H,7-8,16-17H2,1-4H3,(H,30,33). The third-order valence-corrected chi connectivity index (χ3v) is 6.22. The van der Waals surface area contributed by atoms with Crippen LogP contribution in [0.15, 0.2) is 66.7 Å². The number of hydrogen-bond donors (Lipinski definition) is 1. The van der Waals surface area contributed by atoms with Gasteiger partial charge in [0.15, 0.2) is 0 Å². The maximum atomic E-state index is 12.8. The van der Waals surface area contributed by atoms with Gasteiger partial charge in [-0.1, -0.05) is 35.9 Å². The number of para-hydroxylation sites is 2. The molecule has 4 aromatic rings. The van der Waals surface area contributed by atoms with Gasteiger partial charge in [-0.2, -0.15) is 0 Å². The number of hydrogen-bond acceptors (Lipinski definition) is 3. The summed E-state index contributed by atoms with van der Waals surface area (Å²) >= 11 is 0. The number of aromatic nitrogens is 2. The summed E-state index contributed by atoms with van der Waals surface area (Å²) in [5, 5.41) is 3.13. The van der Waals surface area contributed by atoms with E-state index in [2.05, 4.69) is 41.9 Å². The average Bonchev–Trinajstić information content (AvgIpc) is 3.20. The van der Waals surface area contributed by atoms with E-state index in [-0.39, 0.29) is 11.9 Å². The molecule has 0 bridgehead atoms. The van der Waals surface area contributed by atoms with Crippen molar-refractivity contribution < 1.29 is 9.53 Å². The molecule has 1 N–H and O–H groups in total. The number of ether oxygens (including phenoxy) is 1. The second kappa shape index (κ2) is 10.6. The van der Waals surface area contributed by atoms with Gasteiger partial charge in [0.05, 0.1) is 23.7 Å². The smallest absolute Gasteiger partial charge is 0.251 e. The normalized spacial score (nSPS) is 12.0. The highest BCUT2D eigenvalue weighted by molar-refractivity contribution is 5.94. The number of nitrogens with one attached hydrogen (secondary N) is 1. The van der Waals surface area contributed by atoms with Crippen LogP contribution in [0.3, 0.4) is 0 Å². The second-order valence-electron chi connectivity index (χ2n) is 8.98. The van der Waals surface area contributed by atoms with Crippen LogP contribution in [-0.4, -0.2) is 22.1 Å². The van der Waals surface area contributed by atoms with Crippen LogP contribution in [0.5, 0.6) is 5.75 Å². The number of fused-ring (bicyclic) bond motifs is 1. The van der Waals surface area contributed by atoms with Crippen LogP contribution in [0, 0.1) is 20.8 Å². The van der Waals surface area contributed by atoms with Crippen LogP contribution >= 0.6 is 0 Å². The molecule has 5 nitrogen and oxygen atoms in total. The Balaban J connectivity index is 1.42. The Morgan fingerprint density at radius 1 is 0.971 bits per heavy atom. The fourth-order valence-corrected chi connectivity index (χ4v) is 4.16. The molecule has 0 fully saturated rings.